The molecule has 4 aliphatic carbocycles. The van der Waals surface area contributed by atoms with Crippen LogP contribution in [0.1, 0.15) is 143 Å². The number of aromatic carboxylic acids is 1. The summed E-state index contributed by atoms with van der Waals surface area (Å²) in [6.45, 7) is 21.8. The third-order valence-electron chi connectivity index (χ3n) is 14.7. The zero-order chi connectivity index (χ0) is 30.9. The molecule has 4 fully saturated rings. The summed E-state index contributed by atoms with van der Waals surface area (Å²) in [5.41, 5.74) is 1.02. The van der Waals surface area contributed by atoms with Crippen LogP contribution in [0.2, 0.25) is 0 Å². The van der Waals surface area contributed by atoms with Gasteiger partial charge < -0.3 is 14.9 Å². The first-order valence-electron chi connectivity index (χ1n) is 17.1. The lowest BCUT2D eigenvalue weighted by Crippen LogP contribution is -2.64. The van der Waals surface area contributed by atoms with Crippen LogP contribution in [0, 0.1) is 50.7 Å². The zero-order valence-electron chi connectivity index (χ0n) is 28.2. The molecule has 4 nitrogen and oxygen atoms in total. The van der Waals surface area contributed by atoms with E-state index in [0.717, 1.165) is 31.6 Å². The molecule has 0 aliphatic heterocycles. The molecule has 1 aromatic rings. The van der Waals surface area contributed by atoms with Crippen LogP contribution >= 0.6 is 0 Å². The average Bonchev–Trinajstić information content (AvgIpc) is 3.18. The van der Waals surface area contributed by atoms with Crippen molar-refractivity contribution in [3.05, 3.63) is 29.8 Å². The van der Waals surface area contributed by atoms with Gasteiger partial charge in [0.25, 0.3) is 0 Å². The molecule has 4 aliphatic rings. The second kappa shape index (κ2) is 10.5. The Balaban J connectivity index is 1.37. The number of fused-ring (bicyclic) bond motifs is 5. The number of hydrogen-bond acceptors (Lipinski definition) is 3. The predicted octanol–water partition coefficient (Wildman–Crippen LogP) is 9.78. The molecule has 0 radical (unpaired) electrons. The Hall–Kier alpha value is -1.55. The Labute approximate surface area is 256 Å². The molecule has 2 N–H and O–H groups in total. The second-order valence-corrected chi connectivity index (χ2v) is 17.5. The fraction of sp³-hybridized carbons (Fsp3) is 0.816. The van der Waals surface area contributed by atoms with Crippen LogP contribution in [-0.2, 0) is 0 Å². The van der Waals surface area contributed by atoms with Gasteiger partial charge in [0, 0.05) is 5.41 Å². The number of carbonyl (C=O) groups is 1. The van der Waals surface area contributed by atoms with Crippen LogP contribution in [0.4, 0.5) is 0 Å². The van der Waals surface area contributed by atoms with Crippen LogP contribution in [0.5, 0.6) is 5.75 Å². The molecule has 2 unspecified atom stereocenters. The lowest BCUT2D eigenvalue weighted by molar-refractivity contribution is -0.223. The van der Waals surface area contributed by atoms with Crippen LogP contribution in [-0.4, -0.2) is 27.9 Å². The van der Waals surface area contributed by atoms with E-state index in [1.807, 2.05) is 26.0 Å². The summed E-state index contributed by atoms with van der Waals surface area (Å²) in [6, 6.07) is 7.15. The Kier molecular flexibility index (Phi) is 7.98. The van der Waals surface area contributed by atoms with E-state index in [1.165, 1.54) is 44.9 Å². The van der Waals surface area contributed by atoms with Gasteiger partial charge in [-0.05, 0) is 129 Å². The zero-order valence-corrected chi connectivity index (χ0v) is 28.2. The van der Waals surface area contributed by atoms with E-state index in [2.05, 4.69) is 48.5 Å². The van der Waals surface area contributed by atoms with Crippen molar-refractivity contribution in [3.8, 4) is 5.75 Å². The van der Waals surface area contributed by atoms with Crippen molar-refractivity contribution in [2.24, 2.45) is 50.7 Å². The summed E-state index contributed by atoms with van der Waals surface area (Å²) >= 11 is 0. The van der Waals surface area contributed by atoms with E-state index in [1.54, 1.807) is 12.1 Å². The first kappa shape index (κ1) is 31.9. The lowest BCUT2D eigenvalue weighted by atomic mass is 9.35. The molecule has 0 aromatic heterocycles. The first-order valence-corrected chi connectivity index (χ1v) is 17.1. The van der Waals surface area contributed by atoms with Crippen molar-refractivity contribution < 1.29 is 19.7 Å². The minimum atomic E-state index is -0.919. The summed E-state index contributed by atoms with van der Waals surface area (Å²) in [6.07, 6.45) is 13.3. The van der Waals surface area contributed by atoms with Crippen LogP contribution in [0.3, 0.4) is 0 Å². The largest absolute Gasteiger partial charge is 0.489 e. The summed E-state index contributed by atoms with van der Waals surface area (Å²) in [5.74, 6) is 2.32. The van der Waals surface area contributed by atoms with Crippen LogP contribution in [0.25, 0.3) is 0 Å². The standard InChI is InChI=1S/C38H60O4/c1-25(13-12-20-33(2,3)41)35(6)23-24-38(9)29(35)16-17-30-36(7)21-19-31(34(4,5)28(36)18-22-37(30,38)8)42-27-15-11-10-14-26(27)32(39)40/h10-11,14-15,25,28-31,41H,12-13,16-24H2,1-9H3,(H,39,40)/t25-,28?,29+,30+,31?,35+,36-,37+,38+/m0/s1. The van der Waals surface area contributed by atoms with E-state index in [-0.39, 0.29) is 22.5 Å². The summed E-state index contributed by atoms with van der Waals surface area (Å²) in [5, 5.41) is 20.1. The molecule has 0 spiro atoms. The van der Waals surface area contributed by atoms with Gasteiger partial charge in [-0.3, -0.25) is 0 Å². The quantitative estimate of drug-likeness (QED) is 0.321. The Morgan fingerprint density at radius 2 is 1.55 bits per heavy atom. The average molecular weight is 581 g/mol. The maximum Gasteiger partial charge on any atom is 0.339 e. The highest BCUT2D eigenvalue weighted by molar-refractivity contribution is 5.90. The first-order chi connectivity index (χ1) is 19.4. The molecule has 0 saturated heterocycles. The maximum atomic E-state index is 11.9. The minimum absolute atomic E-state index is 0.0203. The summed E-state index contributed by atoms with van der Waals surface area (Å²) < 4.78 is 6.62. The van der Waals surface area contributed by atoms with Crippen LogP contribution < -0.4 is 4.74 Å². The van der Waals surface area contributed by atoms with E-state index < -0.39 is 11.6 Å². The molecule has 1 aromatic carbocycles. The van der Waals surface area contributed by atoms with E-state index >= 15 is 0 Å². The number of rotatable bonds is 8. The number of carboxylic acid groups (broad SMARTS) is 1. The number of aliphatic hydroxyl groups is 1. The number of carboxylic acids is 1. The molecule has 0 amide bonds. The molecule has 0 heterocycles. The highest BCUT2D eigenvalue weighted by atomic mass is 16.5. The number of ether oxygens (including phenoxy) is 1. The number of para-hydroxylation sites is 1. The maximum absolute atomic E-state index is 11.9. The van der Waals surface area contributed by atoms with Gasteiger partial charge in [-0.25, -0.2) is 4.79 Å². The molecule has 0 bridgehead atoms. The minimum Gasteiger partial charge on any atom is -0.489 e. The van der Waals surface area contributed by atoms with Gasteiger partial charge in [-0.1, -0.05) is 73.4 Å². The Bertz CT molecular complexity index is 1170. The van der Waals surface area contributed by atoms with Crippen LogP contribution in [0.15, 0.2) is 24.3 Å². The van der Waals surface area contributed by atoms with Crippen molar-refractivity contribution >= 4 is 5.97 Å². The topological polar surface area (TPSA) is 66.8 Å². The molecular formula is C38H60O4. The molecule has 5 rings (SSSR count). The Morgan fingerprint density at radius 3 is 2.21 bits per heavy atom. The highest BCUT2D eigenvalue weighted by Gasteiger charge is 2.70. The highest BCUT2D eigenvalue weighted by Crippen LogP contribution is 2.77. The fourth-order valence-corrected chi connectivity index (χ4v) is 12.0. The monoisotopic (exact) mass is 580 g/mol. The van der Waals surface area contributed by atoms with Gasteiger partial charge in [-0.2, -0.15) is 0 Å². The smallest absolute Gasteiger partial charge is 0.339 e. The van der Waals surface area contributed by atoms with Gasteiger partial charge in [0.2, 0.25) is 0 Å². The van der Waals surface area contributed by atoms with Crippen molar-refractivity contribution in [2.45, 2.75) is 145 Å². The predicted molar refractivity (Wildman–Crippen MR) is 171 cm³/mol. The van der Waals surface area contributed by atoms with Crippen molar-refractivity contribution in [1.82, 2.24) is 0 Å². The normalized spacial score (nSPS) is 41.8. The fourth-order valence-electron chi connectivity index (χ4n) is 12.0. The molecule has 42 heavy (non-hydrogen) atoms. The second-order valence-electron chi connectivity index (χ2n) is 17.5. The van der Waals surface area contributed by atoms with Crippen molar-refractivity contribution in [2.75, 3.05) is 0 Å². The molecule has 9 atom stereocenters. The van der Waals surface area contributed by atoms with E-state index in [9.17, 15) is 15.0 Å². The SMILES string of the molecule is C[C@@H](CCCC(C)(C)O)[C@@]1(C)CC[C@]2(C)[C@@H]1CC[C@@H]1[C@@]3(C)CCC(Oc4ccccc4C(=O)O)C(C)(C)C3CC[C@]12C. The number of benzene rings is 1. The number of hydrogen-bond donors (Lipinski definition) is 2. The Morgan fingerprint density at radius 1 is 0.905 bits per heavy atom. The van der Waals surface area contributed by atoms with Gasteiger partial charge in [0.15, 0.2) is 0 Å². The van der Waals surface area contributed by atoms with Gasteiger partial charge in [-0.15, -0.1) is 0 Å². The lowest BCUT2D eigenvalue weighted by Gasteiger charge is -2.70. The van der Waals surface area contributed by atoms with Crippen molar-refractivity contribution in [1.29, 1.82) is 0 Å². The third-order valence-corrected chi connectivity index (χ3v) is 14.7. The van der Waals surface area contributed by atoms with Gasteiger partial charge in [0.05, 0.1) is 5.60 Å². The summed E-state index contributed by atoms with van der Waals surface area (Å²) in [4.78, 5) is 11.9. The molecule has 4 saturated carbocycles. The molecule has 236 valence electrons. The molecule has 4 heteroatoms. The third kappa shape index (κ3) is 4.85. The van der Waals surface area contributed by atoms with E-state index in [0.29, 0.717) is 39.7 Å². The van der Waals surface area contributed by atoms with E-state index in [4.69, 9.17) is 4.74 Å². The van der Waals surface area contributed by atoms with Crippen molar-refractivity contribution in [3.63, 3.8) is 0 Å². The van der Waals surface area contributed by atoms with Gasteiger partial charge >= 0.3 is 5.97 Å². The van der Waals surface area contributed by atoms with Gasteiger partial charge in [0.1, 0.15) is 17.4 Å². The summed E-state index contributed by atoms with van der Waals surface area (Å²) in [7, 11) is 0. The molecular weight excluding hydrogens is 520 g/mol.